The maximum Gasteiger partial charge on any atom is 0.213 e. The van der Waals surface area contributed by atoms with E-state index in [1.54, 1.807) is 18.3 Å². The van der Waals surface area contributed by atoms with E-state index in [-0.39, 0.29) is 0 Å². The lowest BCUT2D eigenvalue weighted by atomic mass is 9.89. The molecule has 0 aromatic carbocycles. The highest BCUT2D eigenvalue weighted by Crippen LogP contribution is 2.26. The fourth-order valence-electron chi connectivity index (χ4n) is 2.19. The van der Waals surface area contributed by atoms with Crippen LogP contribution in [0, 0.1) is 5.92 Å². The molecule has 3 heteroatoms. The largest absolute Gasteiger partial charge is 0.474 e. The average Bonchev–Trinajstić information content (AvgIpc) is 2.30. The van der Waals surface area contributed by atoms with Crippen molar-refractivity contribution in [1.82, 2.24) is 4.98 Å². The molecular formula is C13H17NO2. The Kier molecular flexibility index (Phi) is 3.54. The SMILES string of the molecule is CC1CCCC(Oc2ccc(C=O)cn2)C1. The fourth-order valence-corrected chi connectivity index (χ4v) is 2.19. The van der Waals surface area contributed by atoms with E-state index < -0.39 is 0 Å². The molecule has 1 aromatic rings. The summed E-state index contributed by atoms with van der Waals surface area (Å²) in [5.74, 6) is 1.37. The highest BCUT2D eigenvalue weighted by molar-refractivity contribution is 5.73. The van der Waals surface area contributed by atoms with E-state index in [0.717, 1.165) is 25.0 Å². The van der Waals surface area contributed by atoms with Crippen LogP contribution in [0.1, 0.15) is 43.0 Å². The summed E-state index contributed by atoms with van der Waals surface area (Å²) in [5.41, 5.74) is 0.587. The van der Waals surface area contributed by atoms with Gasteiger partial charge in [-0.25, -0.2) is 4.98 Å². The standard InChI is InChI=1S/C13H17NO2/c1-10-3-2-4-12(7-10)16-13-6-5-11(9-15)8-14-13/h5-6,8-10,12H,2-4,7H2,1H3. The van der Waals surface area contributed by atoms with Gasteiger partial charge in [-0.3, -0.25) is 4.79 Å². The van der Waals surface area contributed by atoms with E-state index in [2.05, 4.69) is 11.9 Å². The molecule has 0 amide bonds. The average molecular weight is 219 g/mol. The van der Waals surface area contributed by atoms with Gasteiger partial charge in [0.05, 0.1) is 0 Å². The number of aromatic nitrogens is 1. The Morgan fingerprint density at radius 2 is 2.31 bits per heavy atom. The molecule has 1 heterocycles. The zero-order valence-electron chi connectivity index (χ0n) is 9.56. The van der Waals surface area contributed by atoms with E-state index in [9.17, 15) is 4.79 Å². The summed E-state index contributed by atoms with van der Waals surface area (Å²) in [6, 6.07) is 3.50. The van der Waals surface area contributed by atoms with Crippen LogP contribution in [0.4, 0.5) is 0 Å². The van der Waals surface area contributed by atoms with Gasteiger partial charge in [0.15, 0.2) is 6.29 Å². The predicted octanol–water partition coefficient (Wildman–Crippen LogP) is 2.85. The summed E-state index contributed by atoms with van der Waals surface area (Å²) in [6.45, 7) is 2.26. The number of rotatable bonds is 3. The summed E-state index contributed by atoms with van der Waals surface area (Å²) in [5, 5.41) is 0. The van der Waals surface area contributed by atoms with Gasteiger partial charge in [0.25, 0.3) is 0 Å². The Bertz CT molecular complexity index is 347. The van der Waals surface area contributed by atoms with Crippen LogP contribution in [-0.2, 0) is 0 Å². The topological polar surface area (TPSA) is 39.2 Å². The zero-order valence-corrected chi connectivity index (χ0v) is 9.56. The number of carbonyl (C=O) groups is 1. The quantitative estimate of drug-likeness (QED) is 0.734. The Morgan fingerprint density at radius 1 is 1.44 bits per heavy atom. The summed E-state index contributed by atoms with van der Waals surface area (Å²) in [6.07, 6.45) is 7.39. The molecular weight excluding hydrogens is 202 g/mol. The van der Waals surface area contributed by atoms with Crippen LogP contribution in [0.5, 0.6) is 5.88 Å². The number of ether oxygens (including phenoxy) is 1. The monoisotopic (exact) mass is 219 g/mol. The minimum atomic E-state index is 0.290. The van der Waals surface area contributed by atoms with Crippen molar-refractivity contribution in [2.24, 2.45) is 5.92 Å². The number of carbonyl (C=O) groups excluding carboxylic acids is 1. The normalized spacial score (nSPS) is 25.1. The van der Waals surface area contributed by atoms with Crippen molar-refractivity contribution < 1.29 is 9.53 Å². The second kappa shape index (κ2) is 5.10. The summed E-state index contributed by atoms with van der Waals surface area (Å²) >= 11 is 0. The Labute approximate surface area is 95.8 Å². The minimum absolute atomic E-state index is 0.290. The van der Waals surface area contributed by atoms with Gasteiger partial charge in [0.1, 0.15) is 6.10 Å². The third-order valence-corrected chi connectivity index (χ3v) is 3.07. The van der Waals surface area contributed by atoms with Crippen LogP contribution in [0.2, 0.25) is 0 Å². The van der Waals surface area contributed by atoms with E-state index in [0.29, 0.717) is 17.5 Å². The molecule has 2 atom stereocenters. The van der Waals surface area contributed by atoms with E-state index in [1.807, 2.05) is 0 Å². The second-order valence-corrected chi connectivity index (χ2v) is 4.56. The van der Waals surface area contributed by atoms with Crippen molar-refractivity contribution in [2.75, 3.05) is 0 Å². The third-order valence-electron chi connectivity index (χ3n) is 3.07. The molecule has 1 fully saturated rings. The lowest BCUT2D eigenvalue weighted by Gasteiger charge is -2.26. The highest BCUT2D eigenvalue weighted by atomic mass is 16.5. The van der Waals surface area contributed by atoms with Gasteiger partial charge in [0, 0.05) is 17.8 Å². The molecule has 0 N–H and O–H groups in total. The molecule has 0 radical (unpaired) electrons. The Balaban J connectivity index is 1.94. The Hall–Kier alpha value is -1.38. The van der Waals surface area contributed by atoms with Gasteiger partial charge in [-0.15, -0.1) is 0 Å². The van der Waals surface area contributed by atoms with Gasteiger partial charge in [0.2, 0.25) is 5.88 Å². The third kappa shape index (κ3) is 2.81. The van der Waals surface area contributed by atoms with Gasteiger partial charge in [-0.1, -0.05) is 13.3 Å². The summed E-state index contributed by atoms with van der Waals surface area (Å²) in [7, 11) is 0. The molecule has 1 aliphatic carbocycles. The van der Waals surface area contributed by atoms with Crippen LogP contribution in [0.3, 0.4) is 0 Å². The molecule has 2 unspecified atom stereocenters. The summed E-state index contributed by atoms with van der Waals surface area (Å²) in [4.78, 5) is 14.6. The fraction of sp³-hybridized carbons (Fsp3) is 0.538. The number of hydrogen-bond acceptors (Lipinski definition) is 3. The van der Waals surface area contributed by atoms with Crippen molar-refractivity contribution >= 4 is 6.29 Å². The predicted molar refractivity (Wildman–Crippen MR) is 61.7 cm³/mol. The molecule has 1 saturated carbocycles. The summed E-state index contributed by atoms with van der Waals surface area (Å²) < 4.78 is 5.80. The van der Waals surface area contributed by atoms with Crippen LogP contribution in [-0.4, -0.2) is 17.4 Å². The molecule has 0 spiro atoms. The number of pyridine rings is 1. The molecule has 3 nitrogen and oxygen atoms in total. The van der Waals surface area contributed by atoms with E-state index in [1.165, 1.54) is 12.8 Å². The van der Waals surface area contributed by atoms with E-state index >= 15 is 0 Å². The molecule has 1 aromatic heterocycles. The van der Waals surface area contributed by atoms with Crippen molar-refractivity contribution in [3.05, 3.63) is 23.9 Å². The first-order chi connectivity index (χ1) is 7.78. The molecule has 0 saturated heterocycles. The zero-order chi connectivity index (χ0) is 11.4. The van der Waals surface area contributed by atoms with Crippen LogP contribution in [0.25, 0.3) is 0 Å². The first-order valence-electron chi connectivity index (χ1n) is 5.86. The van der Waals surface area contributed by atoms with Gasteiger partial charge in [-0.2, -0.15) is 0 Å². The maximum absolute atomic E-state index is 10.5. The highest BCUT2D eigenvalue weighted by Gasteiger charge is 2.20. The molecule has 1 aliphatic rings. The lowest BCUT2D eigenvalue weighted by molar-refractivity contribution is 0.112. The molecule has 2 rings (SSSR count). The van der Waals surface area contributed by atoms with Gasteiger partial charge >= 0.3 is 0 Å². The van der Waals surface area contributed by atoms with Crippen LogP contribution >= 0.6 is 0 Å². The van der Waals surface area contributed by atoms with Crippen LogP contribution in [0.15, 0.2) is 18.3 Å². The molecule has 0 bridgehead atoms. The van der Waals surface area contributed by atoms with Crippen LogP contribution < -0.4 is 4.74 Å². The molecule has 16 heavy (non-hydrogen) atoms. The maximum atomic E-state index is 10.5. The van der Waals surface area contributed by atoms with Gasteiger partial charge in [-0.05, 0) is 31.2 Å². The van der Waals surface area contributed by atoms with E-state index in [4.69, 9.17) is 4.74 Å². The molecule has 86 valence electrons. The first kappa shape index (κ1) is 11.1. The first-order valence-corrected chi connectivity index (χ1v) is 5.86. The number of hydrogen-bond donors (Lipinski definition) is 0. The molecule has 0 aliphatic heterocycles. The Morgan fingerprint density at radius 3 is 2.94 bits per heavy atom. The second-order valence-electron chi connectivity index (χ2n) is 4.56. The van der Waals surface area contributed by atoms with Crippen molar-refractivity contribution in [3.63, 3.8) is 0 Å². The minimum Gasteiger partial charge on any atom is -0.474 e. The smallest absolute Gasteiger partial charge is 0.213 e. The lowest BCUT2D eigenvalue weighted by Crippen LogP contribution is -2.24. The number of nitrogens with zero attached hydrogens (tertiary/aromatic N) is 1. The van der Waals surface area contributed by atoms with Gasteiger partial charge < -0.3 is 4.74 Å². The number of aldehydes is 1. The van der Waals surface area contributed by atoms with Crippen molar-refractivity contribution in [1.29, 1.82) is 0 Å². The van der Waals surface area contributed by atoms with Crippen molar-refractivity contribution in [3.8, 4) is 5.88 Å². The van der Waals surface area contributed by atoms with Crippen molar-refractivity contribution in [2.45, 2.75) is 38.7 Å².